The van der Waals surface area contributed by atoms with Crippen molar-refractivity contribution in [3.05, 3.63) is 99.4 Å². The maximum absolute atomic E-state index is 12.4. The number of nitrogens with zero attached hydrogens (tertiary/aromatic N) is 3. The minimum atomic E-state index is -0.334. The smallest absolute Gasteiger partial charge is 0.311 e. The Morgan fingerprint density at radius 1 is 1.12 bits per heavy atom. The first-order chi connectivity index (χ1) is 16.5. The van der Waals surface area contributed by atoms with Gasteiger partial charge in [0.25, 0.3) is 0 Å². The zero-order valence-electron chi connectivity index (χ0n) is 18.2. The van der Waals surface area contributed by atoms with Gasteiger partial charge in [0.2, 0.25) is 0 Å². The molecule has 0 saturated heterocycles. The molecule has 6 nitrogen and oxygen atoms in total. The van der Waals surface area contributed by atoms with Gasteiger partial charge in [0, 0.05) is 17.0 Å². The number of amidine groups is 1. The van der Waals surface area contributed by atoms with Crippen LogP contribution in [0.2, 0.25) is 5.02 Å². The molecule has 0 fully saturated rings. The molecule has 0 saturated carbocycles. The monoisotopic (exact) mass is 489 g/mol. The molecule has 2 aliphatic heterocycles. The fraction of sp³-hybridized carbons (Fsp3) is 0.115. The predicted molar refractivity (Wildman–Crippen MR) is 137 cm³/mol. The number of hydrogen-bond acceptors (Lipinski definition) is 6. The average molecular weight is 490 g/mol. The largest absolute Gasteiger partial charge is 0.507 e. The maximum atomic E-state index is 12.4. The van der Waals surface area contributed by atoms with Crippen LogP contribution in [0.25, 0.3) is 6.08 Å². The number of hydrazone groups is 1. The van der Waals surface area contributed by atoms with Crippen molar-refractivity contribution in [1.82, 2.24) is 5.01 Å². The molecule has 34 heavy (non-hydrogen) atoms. The first-order valence-electron chi connectivity index (χ1n) is 10.6. The summed E-state index contributed by atoms with van der Waals surface area (Å²) in [4.78, 5) is 17.3. The Morgan fingerprint density at radius 2 is 1.88 bits per heavy atom. The third-order valence-electron chi connectivity index (χ3n) is 5.63. The number of carbonyl (C=O) groups is 1. The predicted octanol–water partition coefficient (Wildman–Crippen LogP) is 6.51. The number of halogens is 1. The normalized spacial score (nSPS) is 18.9. The van der Waals surface area contributed by atoms with Gasteiger partial charge in [-0.3, -0.25) is 4.79 Å². The fourth-order valence-electron chi connectivity index (χ4n) is 3.94. The van der Waals surface area contributed by atoms with Crippen LogP contribution >= 0.6 is 23.4 Å². The van der Waals surface area contributed by atoms with Crippen molar-refractivity contribution in [2.75, 3.05) is 7.11 Å². The standard InChI is InChI=1S/C26H20ClN3O3S/c1-33-20-10-7-17(8-11-20)22-15-21(16-5-3-2-4-6-16)29-30(22)25-24(34-26(32)28-25)14-18-13-19(27)9-12-23(18)31/h2-14,22,31H,15H2,1H3/b24-14-. The van der Waals surface area contributed by atoms with Gasteiger partial charge in [-0.25, -0.2) is 5.01 Å². The molecular weight excluding hydrogens is 470 g/mol. The van der Waals surface area contributed by atoms with Crippen LogP contribution in [0.1, 0.15) is 29.2 Å². The van der Waals surface area contributed by atoms with Gasteiger partial charge in [-0.1, -0.05) is 54.1 Å². The minimum Gasteiger partial charge on any atom is -0.507 e. The van der Waals surface area contributed by atoms with E-state index in [1.165, 1.54) is 6.07 Å². The summed E-state index contributed by atoms with van der Waals surface area (Å²) in [6.45, 7) is 0. The number of rotatable bonds is 4. The number of hydrogen-bond donors (Lipinski definition) is 1. The minimum absolute atomic E-state index is 0.0674. The molecule has 170 valence electrons. The molecule has 0 bridgehead atoms. The van der Waals surface area contributed by atoms with Crippen molar-refractivity contribution in [1.29, 1.82) is 0 Å². The first-order valence-corrected chi connectivity index (χ1v) is 11.8. The van der Waals surface area contributed by atoms with Crippen LogP contribution in [0.3, 0.4) is 0 Å². The molecule has 1 atom stereocenters. The van der Waals surface area contributed by atoms with Crippen molar-refractivity contribution < 1.29 is 14.6 Å². The van der Waals surface area contributed by atoms with E-state index in [-0.39, 0.29) is 17.0 Å². The van der Waals surface area contributed by atoms with Crippen LogP contribution in [0.15, 0.2) is 87.8 Å². The highest BCUT2D eigenvalue weighted by molar-refractivity contribution is 8.18. The van der Waals surface area contributed by atoms with Crippen LogP contribution in [0.5, 0.6) is 11.5 Å². The summed E-state index contributed by atoms with van der Waals surface area (Å²) in [5.74, 6) is 1.28. The molecule has 0 spiro atoms. The lowest BCUT2D eigenvalue weighted by Gasteiger charge is -2.24. The van der Waals surface area contributed by atoms with E-state index in [9.17, 15) is 9.90 Å². The zero-order chi connectivity index (χ0) is 23.7. The molecule has 0 radical (unpaired) electrons. The molecule has 1 amide bonds. The molecule has 2 aliphatic rings. The van der Waals surface area contributed by atoms with Gasteiger partial charge in [-0.2, -0.15) is 10.1 Å². The number of phenols is 1. The number of aliphatic imine (C=N–C) groups is 1. The lowest BCUT2D eigenvalue weighted by atomic mass is 9.98. The van der Waals surface area contributed by atoms with Crippen LogP contribution in [-0.4, -0.2) is 34.0 Å². The van der Waals surface area contributed by atoms with E-state index >= 15 is 0 Å². The van der Waals surface area contributed by atoms with E-state index in [1.54, 1.807) is 30.3 Å². The van der Waals surface area contributed by atoms with Crippen molar-refractivity contribution in [2.45, 2.75) is 12.5 Å². The molecule has 0 aliphatic carbocycles. The molecule has 3 aromatic rings. The number of phenolic OH excluding ortho intramolecular Hbond substituents is 1. The Bertz CT molecular complexity index is 1340. The van der Waals surface area contributed by atoms with Crippen molar-refractivity contribution in [3.8, 4) is 11.5 Å². The van der Waals surface area contributed by atoms with E-state index in [1.807, 2.05) is 54.6 Å². The lowest BCUT2D eigenvalue weighted by Crippen LogP contribution is -2.26. The van der Waals surface area contributed by atoms with E-state index < -0.39 is 0 Å². The van der Waals surface area contributed by atoms with Crippen molar-refractivity contribution >= 4 is 46.2 Å². The Morgan fingerprint density at radius 3 is 2.62 bits per heavy atom. The van der Waals surface area contributed by atoms with Crippen LogP contribution in [0.4, 0.5) is 4.79 Å². The van der Waals surface area contributed by atoms with Gasteiger partial charge >= 0.3 is 5.24 Å². The number of aromatic hydroxyl groups is 1. The van der Waals surface area contributed by atoms with Crippen LogP contribution < -0.4 is 4.74 Å². The summed E-state index contributed by atoms with van der Waals surface area (Å²) in [5, 5.41) is 17.1. The molecule has 2 heterocycles. The topological polar surface area (TPSA) is 74.5 Å². The maximum Gasteiger partial charge on any atom is 0.311 e. The molecule has 1 N–H and O–H groups in total. The first kappa shape index (κ1) is 22.3. The summed E-state index contributed by atoms with van der Waals surface area (Å²) in [7, 11) is 1.63. The Hall–Kier alpha value is -3.55. The summed E-state index contributed by atoms with van der Waals surface area (Å²) in [5.41, 5.74) is 3.44. The number of ether oxygens (including phenoxy) is 1. The van der Waals surface area contributed by atoms with Gasteiger partial charge in [0.1, 0.15) is 11.5 Å². The quantitative estimate of drug-likeness (QED) is 0.452. The second kappa shape index (κ2) is 9.37. The van der Waals surface area contributed by atoms with E-state index in [2.05, 4.69) is 4.99 Å². The number of thioether (sulfide) groups is 1. The third kappa shape index (κ3) is 4.44. The SMILES string of the molecule is COc1ccc(C2CC(c3ccccc3)=NN2C2=NC(=O)S/C2=C\c2cc(Cl)ccc2O)cc1. The second-order valence-corrected chi connectivity index (χ2v) is 9.20. The summed E-state index contributed by atoms with van der Waals surface area (Å²) < 4.78 is 5.31. The van der Waals surface area contributed by atoms with Crippen molar-refractivity contribution in [2.24, 2.45) is 10.1 Å². The average Bonchev–Trinajstić information content (AvgIpc) is 3.45. The number of methoxy groups -OCH3 is 1. The molecular formula is C26H20ClN3O3S. The van der Waals surface area contributed by atoms with Gasteiger partial charge in [0.15, 0.2) is 5.84 Å². The van der Waals surface area contributed by atoms with Gasteiger partial charge in [0.05, 0.1) is 23.8 Å². The highest BCUT2D eigenvalue weighted by atomic mass is 35.5. The summed E-state index contributed by atoms with van der Waals surface area (Å²) in [6.07, 6.45) is 2.36. The number of amides is 1. The molecule has 0 aromatic heterocycles. The number of benzene rings is 3. The zero-order valence-corrected chi connectivity index (χ0v) is 19.8. The van der Waals surface area contributed by atoms with E-state index in [0.29, 0.717) is 27.7 Å². The lowest BCUT2D eigenvalue weighted by molar-refractivity contribution is 0.267. The van der Waals surface area contributed by atoms with E-state index in [4.69, 9.17) is 21.4 Å². The molecule has 3 aromatic carbocycles. The highest BCUT2D eigenvalue weighted by Crippen LogP contribution is 2.40. The highest BCUT2D eigenvalue weighted by Gasteiger charge is 2.37. The third-order valence-corrected chi connectivity index (χ3v) is 6.65. The van der Waals surface area contributed by atoms with Crippen LogP contribution in [0, 0.1) is 0 Å². The fourth-order valence-corrected chi connectivity index (χ4v) is 4.86. The summed E-state index contributed by atoms with van der Waals surface area (Å²) >= 11 is 7.13. The van der Waals surface area contributed by atoms with E-state index in [0.717, 1.165) is 34.3 Å². The van der Waals surface area contributed by atoms with Crippen molar-refractivity contribution in [3.63, 3.8) is 0 Å². The summed E-state index contributed by atoms with van der Waals surface area (Å²) in [6, 6.07) is 22.4. The Labute approximate surface area is 206 Å². The van der Waals surface area contributed by atoms with Crippen LogP contribution in [-0.2, 0) is 0 Å². The van der Waals surface area contributed by atoms with Gasteiger partial charge in [-0.05, 0) is 59.3 Å². The Balaban J connectivity index is 1.58. The Kier molecular flexibility index (Phi) is 6.13. The number of carbonyl (C=O) groups excluding carboxylic acids is 1. The second-order valence-electron chi connectivity index (χ2n) is 7.77. The van der Waals surface area contributed by atoms with Gasteiger partial charge < -0.3 is 9.84 Å². The van der Waals surface area contributed by atoms with Gasteiger partial charge in [-0.15, -0.1) is 0 Å². The molecule has 1 unspecified atom stereocenters. The molecule has 5 rings (SSSR count). The molecule has 8 heteroatoms.